The van der Waals surface area contributed by atoms with Crippen LogP contribution in [0.2, 0.25) is 0 Å². The molecule has 0 rings (SSSR count). The quantitative estimate of drug-likeness (QED) is 0.621. The summed E-state index contributed by atoms with van der Waals surface area (Å²) in [6, 6.07) is 0. The zero-order valence-electron chi connectivity index (χ0n) is 6.26. The van der Waals surface area contributed by atoms with Crippen molar-refractivity contribution in [2.75, 3.05) is 12.3 Å². The molecule has 0 unspecified atom stereocenters. The number of hydrogen-bond acceptors (Lipinski definition) is 1. The fourth-order valence-corrected chi connectivity index (χ4v) is 2.61. The van der Waals surface area contributed by atoms with Gasteiger partial charge in [-0.1, -0.05) is 13.8 Å². The lowest BCUT2D eigenvalue weighted by atomic mass is 10.6. The van der Waals surface area contributed by atoms with E-state index in [0.717, 1.165) is 12.8 Å². The predicted molar refractivity (Wildman–Crippen MR) is 42.1 cm³/mol. The van der Waals surface area contributed by atoms with E-state index in [-0.39, 0.29) is 0 Å². The minimum atomic E-state index is -2.19. The molecule has 0 heterocycles. The predicted octanol–water partition coefficient (Wildman–Crippen LogP) is 2.04. The van der Waals surface area contributed by atoms with E-state index in [1.807, 2.05) is 13.8 Å². The Kier molecular flexibility index (Phi) is 4.16. The van der Waals surface area contributed by atoms with Gasteiger partial charge in [0, 0.05) is 12.3 Å². The molecule has 2 N–H and O–H groups in total. The molecule has 0 aliphatic carbocycles. The second-order valence-corrected chi connectivity index (χ2v) is 5.20. The minimum absolute atomic E-state index is 0.709. The molecule has 0 aliphatic rings. The van der Waals surface area contributed by atoms with E-state index < -0.39 is 7.29 Å². The highest BCUT2D eigenvalue weighted by Gasteiger charge is 2.11. The van der Waals surface area contributed by atoms with E-state index in [1.165, 1.54) is 0 Å². The molecule has 0 radical (unpaired) electrons. The van der Waals surface area contributed by atoms with Crippen LogP contribution in [0.1, 0.15) is 26.7 Å². The molecule has 9 heavy (non-hydrogen) atoms. The Labute approximate surface area is 57.2 Å². The van der Waals surface area contributed by atoms with Crippen LogP contribution < -0.4 is 5.50 Å². The Morgan fingerprint density at radius 1 is 1.22 bits per heavy atom. The van der Waals surface area contributed by atoms with E-state index in [9.17, 15) is 4.57 Å². The summed E-state index contributed by atoms with van der Waals surface area (Å²) in [5, 5.41) is 0. The van der Waals surface area contributed by atoms with Gasteiger partial charge in [0.25, 0.3) is 0 Å². The lowest BCUT2D eigenvalue weighted by Crippen LogP contribution is -2.02. The van der Waals surface area contributed by atoms with Crippen LogP contribution in [-0.4, -0.2) is 12.3 Å². The monoisotopic (exact) mass is 149 g/mol. The topological polar surface area (TPSA) is 43.1 Å². The van der Waals surface area contributed by atoms with Crippen molar-refractivity contribution >= 4 is 7.29 Å². The van der Waals surface area contributed by atoms with Gasteiger partial charge in [-0.3, -0.25) is 5.50 Å². The van der Waals surface area contributed by atoms with Crippen molar-refractivity contribution in [3.63, 3.8) is 0 Å². The summed E-state index contributed by atoms with van der Waals surface area (Å²) in [5.74, 6) is 0. The molecule has 0 aromatic rings. The molecule has 0 aromatic heterocycles. The second kappa shape index (κ2) is 4.08. The van der Waals surface area contributed by atoms with Gasteiger partial charge in [-0.15, -0.1) is 0 Å². The van der Waals surface area contributed by atoms with Gasteiger partial charge in [0.15, 0.2) is 0 Å². The lowest BCUT2D eigenvalue weighted by molar-refractivity contribution is 0.573. The maximum absolute atomic E-state index is 11.2. The molecule has 0 saturated heterocycles. The summed E-state index contributed by atoms with van der Waals surface area (Å²) in [5.41, 5.74) is 5.49. The Morgan fingerprint density at radius 3 is 1.78 bits per heavy atom. The van der Waals surface area contributed by atoms with Crippen molar-refractivity contribution in [2.24, 2.45) is 5.50 Å². The van der Waals surface area contributed by atoms with Crippen LogP contribution in [0.5, 0.6) is 0 Å². The molecule has 0 amide bonds. The highest BCUT2D eigenvalue weighted by atomic mass is 31.2. The van der Waals surface area contributed by atoms with Crippen molar-refractivity contribution in [3.8, 4) is 0 Å². The van der Waals surface area contributed by atoms with Gasteiger partial charge in [0.05, 0.1) is 0 Å². The first-order valence-corrected chi connectivity index (χ1v) is 5.63. The second-order valence-electron chi connectivity index (χ2n) is 2.40. The van der Waals surface area contributed by atoms with Gasteiger partial charge in [0.1, 0.15) is 7.29 Å². The van der Waals surface area contributed by atoms with Gasteiger partial charge in [0.2, 0.25) is 0 Å². The Hall–Kier alpha value is 0.190. The average molecular weight is 149 g/mol. The van der Waals surface area contributed by atoms with Crippen molar-refractivity contribution in [1.82, 2.24) is 0 Å². The van der Waals surface area contributed by atoms with Crippen molar-refractivity contribution < 1.29 is 4.57 Å². The smallest absolute Gasteiger partial charge is 0.145 e. The zero-order chi connectivity index (χ0) is 7.33. The van der Waals surface area contributed by atoms with E-state index >= 15 is 0 Å². The third kappa shape index (κ3) is 4.68. The minimum Gasteiger partial charge on any atom is -0.307 e. The van der Waals surface area contributed by atoms with E-state index in [0.29, 0.717) is 12.3 Å². The van der Waals surface area contributed by atoms with E-state index in [2.05, 4.69) is 0 Å². The highest BCUT2D eigenvalue weighted by Crippen LogP contribution is 2.36. The Bertz CT molecular complexity index is 104. The molecular formula is C6H16NOP. The molecule has 0 bridgehead atoms. The van der Waals surface area contributed by atoms with Gasteiger partial charge < -0.3 is 4.57 Å². The number of hydrogen-bond donors (Lipinski definition) is 1. The Morgan fingerprint density at radius 2 is 1.56 bits per heavy atom. The van der Waals surface area contributed by atoms with Crippen LogP contribution in [0, 0.1) is 0 Å². The number of nitrogens with two attached hydrogens (primary N) is 1. The Balaban J connectivity index is 3.58. The molecule has 2 nitrogen and oxygen atoms in total. The zero-order valence-corrected chi connectivity index (χ0v) is 7.16. The van der Waals surface area contributed by atoms with Crippen molar-refractivity contribution in [3.05, 3.63) is 0 Å². The average Bonchev–Trinajstić information content (AvgIpc) is 1.64. The van der Waals surface area contributed by atoms with Crippen LogP contribution >= 0.6 is 7.29 Å². The fourth-order valence-electron chi connectivity index (χ4n) is 0.869. The first-order chi connectivity index (χ1) is 4.12. The van der Waals surface area contributed by atoms with Gasteiger partial charge in [-0.05, 0) is 12.8 Å². The molecule has 0 atom stereocenters. The third-order valence-corrected chi connectivity index (χ3v) is 3.61. The highest BCUT2D eigenvalue weighted by molar-refractivity contribution is 7.61. The van der Waals surface area contributed by atoms with Crippen LogP contribution in [0.25, 0.3) is 0 Å². The van der Waals surface area contributed by atoms with Crippen LogP contribution in [0.15, 0.2) is 0 Å². The van der Waals surface area contributed by atoms with Crippen LogP contribution in [0.3, 0.4) is 0 Å². The summed E-state index contributed by atoms with van der Waals surface area (Å²) >= 11 is 0. The largest absolute Gasteiger partial charge is 0.307 e. The van der Waals surface area contributed by atoms with Gasteiger partial charge in [-0.25, -0.2) is 0 Å². The summed E-state index contributed by atoms with van der Waals surface area (Å²) in [7, 11) is -2.19. The first-order valence-electron chi connectivity index (χ1n) is 3.49. The SMILES string of the molecule is CCCP(N)(=O)CCC. The molecule has 0 spiro atoms. The first kappa shape index (κ1) is 9.19. The maximum Gasteiger partial charge on any atom is 0.145 e. The van der Waals surface area contributed by atoms with Crippen molar-refractivity contribution in [1.29, 1.82) is 0 Å². The molecular weight excluding hydrogens is 133 g/mol. The summed E-state index contributed by atoms with van der Waals surface area (Å²) in [4.78, 5) is 0. The molecule has 0 saturated carbocycles. The number of rotatable bonds is 4. The normalized spacial score (nSPS) is 11.9. The molecule has 0 fully saturated rings. The molecule has 56 valence electrons. The van der Waals surface area contributed by atoms with Gasteiger partial charge in [-0.2, -0.15) is 0 Å². The lowest BCUT2D eigenvalue weighted by Gasteiger charge is -2.08. The maximum atomic E-state index is 11.2. The standard InChI is InChI=1S/C6H16NOP/c1-3-5-9(7,8)6-4-2/h3-6H2,1-2H3,(H2,7,8). The third-order valence-electron chi connectivity index (χ3n) is 1.20. The molecule has 0 aliphatic heterocycles. The summed E-state index contributed by atoms with van der Waals surface area (Å²) < 4.78 is 11.2. The van der Waals surface area contributed by atoms with Crippen LogP contribution in [-0.2, 0) is 4.57 Å². The molecule has 3 heteroatoms. The van der Waals surface area contributed by atoms with E-state index in [1.54, 1.807) is 0 Å². The summed E-state index contributed by atoms with van der Waals surface area (Å²) in [6.07, 6.45) is 3.29. The van der Waals surface area contributed by atoms with E-state index in [4.69, 9.17) is 5.50 Å². The van der Waals surface area contributed by atoms with Crippen molar-refractivity contribution in [2.45, 2.75) is 26.7 Å². The fraction of sp³-hybridized carbons (Fsp3) is 1.00. The van der Waals surface area contributed by atoms with Crippen LogP contribution in [0.4, 0.5) is 0 Å². The molecule has 0 aromatic carbocycles. The van der Waals surface area contributed by atoms with Gasteiger partial charge >= 0.3 is 0 Å². The summed E-state index contributed by atoms with van der Waals surface area (Å²) in [6.45, 7) is 4.02.